The highest BCUT2D eigenvalue weighted by Crippen LogP contribution is 2.19. The summed E-state index contributed by atoms with van der Waals surface area (Å²) in [6.45, 7) is 5.77. The van der Waals surface area contributed by atoms with Crippen LogP contribution in [0.2, 0.25) is 0 Å². The lowest BCUT2D eigenvalue weighted by molar-refractivity contribution is -0.117. The van der Waals surface area contributed by atoms with Gasteiger partial charge in [-0.2, -0.15) is 5.10 Å². The summed E-state index contributed by atoms with van der Waals surface area (Å²) in [6.07, 6.45) is 0. The summed E-state index contributed by atoms with van der Waals surface area (Å²) in [4.78, 5) is 10.8. The van der Waals surface area contributed by atoms with Crippen molar-refractivity contribution in [3.63, 3.8) is 0 Å². The lowest BCUT2D eigenvalue weighted by Gasteiger charge is -1.99. The summed E-state index contributed by atoms with van der Waals surface area (Å²) < 4.78 is 2.70. The standard InChI is InChI=1S/C8H11BrN2O/c1-5(12)4-11-7(3)8(9)6(2)10-11/h4H2,1-3H3. The van der Waals surface area contributed by atoms with Crippen LogP contribution in [0.5, 0.6) is 0 Å². The van der Waals surface area contributed by atoms with E-state index in [2.05, 4.69) is 21.0 Å². The minimum absolute atomic E-state index is 0.119. The molecule has 0 fully saturated rings. The summed E-state index contributed by atoms with van der Waals surface area (Å²) >= 11 is 3.40. The highest BCUT2D eigenvalue weighted by Gasteiger charge is 2.08. The molecule has 0 saturated heterocycles. The van der Waals surface area contributed by atoms with Crippen molar-refractivity contribution in [2.24, 2.45) is 0 Å². The lowest BCUT2D eigenvalue weighted by atomic mass is 10.4. The number of hydrogen-bond donors (Lipinski definition) is 0. The summed E-state index contributed by atoms with van der Waals surface area (Å²) in [5.41, 5.74) is 1.93. The number of rotatable bonds is 2. The number of hydrogen-bond acceptors (Lipinski definition) is 2. The van der Waals surface area contributed by atoms with E-state index >= 15 is 0 Å². The fourth-order valence-corrected chi connectivity index (χ4v) is 1.32. The van der Waals surface area contributed by atoms with Crippen LogP contribution in [0.25, 0.3) is 0 Å². The molecule has 0 unspecified atom stereocenters. The average Bonchev–Trinajstić information content (AvgIpc) is 2.17. The Labute approximate surface area is 79.9 Å². The van der Waals surface area contributed by atoms with Crippen LogP contribution in [0.4, 0.5) is 0 Å². The Morgan fingerprint density at radius 3 is 2.50 bits per heavy atom. The van der Waals surface area contributed by atoms with Gasteiger partial charge in [-0.1, -0.05) is 0 Å². The summed E-state index contributed by atoms with van der Waals surface area (Å²) in [5.74, 6) is 0.119. The van der Waals surface area contributed by atoms with Gasteiger partial charge in [-0.15, -0.1) is 0 Å². The zero-order valence-corrected chi connectivity index (χ0v) is 8.97. The molecule has 0 saturated carbocycles. The summed E-state index contributed by atoms with van der Waals surface area (Å²) in [6, 6.07) is 0. The Balaban J connectivity index is 3.01. The molecule has 1 rings (SSSR count). The normalized spacial score (nSPS) is 10.3. The van der Waals surface area contributed by atoms with E-state index in [0.717, 1.165) is 15.9 Å². The number of halogens is 1. The molecule has 0 aromatic carbocycles. The predicted molar refractivity (Wildman–Crippen MR) is 50.1 cm³/mol. The Morgan fingerprint density at radius 2 is 2.17 bits per heavy atom. The van der Waals surface area contributed by atoms with E-state index in [4.69, 9.17) is 0 Å². The molecular formula is C8H11BrN2O. The Bertz CT molecular complexity index is 317. The molecule has 0 radical (unpaired) electrons. The minimum atomic E-state index is 0.119. The van der Waals surface area contributed by atoms with Gasteiger partial charge in [-0.25, -0.2) is 0 Å². The molecule has 0 N–H and O–H groups in total. The first-order valence-corrected chi connectivity index (χ1v) is 4.50. The van der Waals surface area contributed by atoms with E-state index in [1.165, 1.54) is 0 Å². The van der Waals surface area contributed by atoms with Crippen LogP contribution in [0.3, 0.4) is 0 Å². The molecule has 0 spiro atoms. The molecule has 4 heteroatoms. The van der Waals surface area contributed by atoms with Crippen LogP contribution in [-0.4, -0.2) is 15.6 Å². The molecule has 0 aliphatic rings. The fourth-order valence-electron chi connectivity index (χ4n) is 1.04. The number of aromatic nitrogens is 2. The van der Waals surface area contributed by atoms with Crippen LogP contribution in [0, 0.1) is 13.8 Å². The van der Waals surface area contributed by atoms with E-state index in [1.807, 2.05) is 13.8 Å². The van der Waals surface area contributed by atoms with Crippen molar-refractivity contribution in [1.29, 1.82) is 0 Å². The van der Waals surface area contributed by atoms with Gasteiger partial charge in [0.05, 0.1) is 22.4 Å². The SMILES string of the molecule is CC(=O)Cn1nc(C)c(Br)c1C. The van der Waals surface area contributed by atoms with Crippen molar-refractivity contribution in [1.82, 2.24) is 9.78 Å². The molecule has 1 aromatic heterocycles. The first-order chi connectivity index (χ1) is 5.52. The van der Waals surface area contributed by atoms with Crippen LogP contribution in [0.15, 0.2) is 4.47 Å². The van der Waals surface area contributed by atoms with E-state index in [9.17, 15) is 4.79 Å². The summed E-state index contributed by atoms with van der Waals surface area (Å²) in [5, 5.41) is 4.20. The number of carbonyl (C=O) groups excluding carboxylic acids is 1. The minimum Gasteiger partial charge on any atom is -0.298 e. The number of carbonyl (C=O) groups is 1. The van der Waals surface area contributed by atoms with E-state index in [-0.39, 0.29) is 5.78 Å². The molecule has 0 aliphatic carbocycles. The van der Waals surface area contributed by atoms with Gasteiger partial charge in [0.2, 0.25) is 0 Å². The van der Waals surface area contributed by atoms with Crippen molar-refractivity contribution >= 4 is 21.7 Å². The lowest BCUT2D eigenvalue weighted by Crippen LogP contribution is -2.09. The molecule has 0 atom stereocenters. The van der Waals surface area contributed by atoms with Crippen molar-refractivity contribution in [3.8, 4) is 0 Å². The van der Waals surface area contributed by atoms with Crippen LogP contribution < -0.4 is 0 Å². The van der Waals surface area contributed by atoms with Gasteiger partial charge in [0.25, 0.3) is 0 Å². The molecule has 1 heterocycles. The second kappa shape index (κ2) is 3.39. The van der Waals surface area contributed by atoms with Gasteiger partial charge in [-0.05, 0) is 36.7 Å². The third-order valence-electron chi connectivity index (χ3n) is 1.67. The fraction of sp³-hybridized carbons (Fsp3) is 0.500. The maximum Gasteiger partial charge on any atom is 0.151 e. The molecule has 0 bridgehead atoms. The second-order valence-corrected chi connectivity index (χ2v) is 3.64. The molecule has 3 nitrogen and oxygen atoms in total. The van der Waals surface area contributed by atoms with Gasteiger partial charge in [0.1, 0.15) is 0 Å². The van der Waals surface area contributed by atoms with Gasteiger partial charge < -0.3 is 0 Å². The van der Waals surface area contributed by atoms with Crippen LogP contribution >= 0.6 is 15.9 Å². The Morgan fingerprint density at radius 1 is 1.58 bits per heavy atom. The molecule has 12 heavy (non-hydrogen) atoms. The van der Waals surface area contributed by atoms with Crippen molar-refractivity contribution < 1.29 is 4.79 Å². The molecule has 0 amide bonds. The zero-order chi connectivity index (χ0) is 9.30. The largest absolute Gasteiger partial charge is 0.298 e. The highest BCUT2D eigenvalue weighted by atomic mass is 79.9. The van der Waals surface area contributed by atoms with Crippen molar-refractivity contribution in [2.75, 3.05) is 0 Å². The molecular weight excluding hydrogens is 220 g/mol. The van der Waals surface area contributed by atoms with Crippen molar-refractivity contribution in [3.05, 3.63) is 15.9 Å². The van der Waals surface area contributed by atoms with E-state index < -0.39 is 0 Å². The topological polar surface area (TPSA) is 34.9 Å². The first-order valence-electron chi connectivity index (χ1n) is 3.71. The van der Waals surface area contributed by atoms with Gasteiger partial charge in [0, 0.05) is 0 Å². The summed E-state index contributed by atoms with van der Waals surface area (Å²) in [7, 11) is 0. The maximum absolute atomic E-state index is 10.8. The van der Waals surface area contributed by atoms with Crippen molar-refractivity contribution in [2.45, 2.75) is 27.3 Å². The third kappa shape index (κ3) is 1.75. The van der Waals surface area contributed by atoms with E-state index in [1.54, 1.807) is 11.6 Å². The van der Waals surface area contributed by atoms with Crippen LogP contribution in [0.1, 0.15) is 18.3 Å². The smallest absolute Gasteiger partial charge is 0.151 e. The number of ketones is 1. The van der Waals surface area contributed by atoms with Gasteiger partial charge in [-0.3, -0.25) is 9.48 Å². The molecule has 66 valence electrons. The van der Waals surface area contributed by atoms with Crippen LogP contribution in [-0.2, 0) is 11.3 Å². The monoisotopic (exact) mass is 230 g/mol. The molecule has 0 aliphatic heterocycles. The predicted octanol–water partition coefficient (Wildman–Crippen LogP) is 1.85. The third-order valence-corrected chi connectivity index (χ3v) is 2.81. The van der Waals surface area contributed by atoms with Gasteiger partial charge in [0.15, 0.2) is 5.78 Å². The number of aryl methyl sites for hydroxylation is 1. The average molecular weight is 231 g/mol. The number of nitrogens with zero attached hydrogens (tertiary/aromatic N) is 2. The quantitative estimate of drug-likeness (QED) is 0.778. The first kappa shape index (κ1) is 9.45. The van der Waals surface area contributed by atoms with Gasteiger partial charge >= 0.3 is 0 Å². The maximum atomic E-state index is 10.8. The Kier molecular flexibility index (Phi) is 2.67. The van der Waals surface area contributed by atoms with E-state index in [0.29, 0.717) is 6.54 Å². The second-order valence-electron chi connectivity index (χ2n) is 2.84. The Hall–Kier alpha value is -0.640. The zero-order valence-electron chi connectivity index (χ0n) is 7.39. The number of Topliss-reactive ketones (excluding diaryl/α,β-unsaturated/α-hetero) is 1. The molecule has 1 aromatic rings. The highest BCUT2D eigenvalue weighted by molar-refractivity contribution is 9.10.